The van der Waals surface area contributed by atoms with Crippen LogP contribution in [0.3, 0.4) is 0 Å². The monoisotopic (exact) mass is 197 g/mol. The van der Waals surface area contributed by atoms with Crippen molar-refractivity contribution in [3.05, 3.63) is 0 Å². The van der Waals surface area contributed by atoms with E-state index in [0.29, 0.717) is 0 Å². The predicted octanol–water partition coefficient (Wildman–Crippen LogP) is 3.59. The maximum atomic E-state index is 3.74. The van der Waals surface area contributed by atoms with Crippen molar-refractivity contribution in [2.45, 2.75) is 65.3 Å². The van der Waals surface area contributed by atoms with Crippen molar-refractivity contribution in [1.82, 2.24) is 5.32 Å². The highest BCUT2D eigenvalue weighted by molar-refractivity contribution is 4.83. The minimum Gasteiger partial charge on any atom is -0.314 e. The standard InChI is InChI=1S/C13H27N/c1-4-10-14-13-9-7-6-8-12(13)11(3)5-2/h11-14H,4-10H2,1-3H3. The Bertz CT molecular complexity index is 144. The second-order valence-corrected chi connectivity index (χ2v) is 4.89. The van der Waals surface area contributed by atoms with Crippen molar-refractivity contribution < 1.29 is 0 Å². The van der Waals surface area contributed by atoms with Crippen LogP contribution in [-0.4, -0.2) is 12.6 Å². The summed E-state index contributed by atoms with van der Waals surface area (Å²) < 4.78 is 0. The van der Waals surface area contributed by atoms with Gasteiger partial charge in [0.1, 0.15) is 0 Å². The highest BCUT2D eigenvalue weighted by Gasteiger charge is 2.27. The molecule has 14 heavy (non-hydrogen) atoms. The van der Waals surface area contributed by atoms with Gasteiger partial charge in [0, 0.05) is 6.04 Å². The molecule has 0 heterocycles. The summed E-state index contributed by atoms with van der Waals surface area (Å²) in [6.45, 7) is 8.22. The Morgan fingerprint density at radius 2 is 1.93 bits per heavy atom. The summed E-state index contributed by atoms with van der Waals surface area (Å²) in [5.41, 5.74) is 0. The van der Waals surface area contributed by atoms with Crippen LogP contribution in [-0.2, 0) is 0 Å². The lowest BCUT2D eigenvalue weighted by Crippen LogP contribution is -2.41. The molecule has 1 heteroatoms. The molecule has 84 valence electrons. The fourth-order valence-electron chi connectivity index (χ4n) is 2.73. The summed E-state index contributed by atoms with van der Waals surface area (Å²) in [6.07, 6.45) is 8.37. The summed E-state index contributed by atoms with van der Waals surface area (Å²) in [5, 5.41) is 3.74. The van der Waals surface area contributed by atoms with Gasteiger partial charge in [-0.25, -0.2) is 0 Å². The molecule has 1 fully saturated rings. The molecule has 3 unspecified atom stereocenters. The maximum absolute atomic E-state index is 3.74. The summed E-state index contributed by atoms with van der Waals surface area (Å²) in [5.74, 6) is 1.85. The van der Waals surface area contributed by atoms with E-state index in [1.165, 1.54) is 45.1 Å². The van der Waals surface area contributed by atoms with E-state index in [2.05, 4.69) is 26.1 Å². The van der Waals surface area contributed by atoms with Crippen molar-refractivity contribution in [1.29, 1.82) is 0 Å². The highest BCUT2D eigenvalue weighted by Crippen LogP contribution is 2.31. The van der Waals surface area contributed by atoms with E-state index in [9.17, 15) is 0 Å². The summed E-state index contributed by atoms with van der Waals surface area (Å²) in [6, 6.07) is 0.818. The topological polar surface area (TPSA) is 12.0 Å². The van der Waals surface area contributed by atoms with Crippen LogP contribution in [0.25, 0.3) is 0 Å². The van der Waals surface area contributed by atoms with Gasteiger partial charge in [-0.05, 0) is 37.6 Å². The van der Waals surface area contributed by atoms with E-state index in [0.717, 1.165) is 17.9 Å². The molecule has 0 bridgehead atoms. The first-order valence-corrected chi connectivity index (χ1v) is 6.53. The van der Waals surface area contributed by atoms with Gasteiger partial charge in [0.15, 0.2) is 0 Å². The molecule has 0 aromatic heterocycles. The van der Waals surface area contributed by atoms with E-state index < -0.39 is 0 Å². The Balaban J connectivity index is 2.41. The van der Waals surface area contributed by atoms with E-state index in [-0.39, 0.29) is 0 Å². The van der Waals surface area contributed by atoms with Gasteiger partial charge in [-0.3, -0.25) is 0 Å². The van der Waals surface area contributed by atoms with Crippen LogP contribution < -0.4 is 5.32 Å². The van der Waals surface area contributed by atoms with Crippen LogP contribution in [0.15, 0.2) is 0 Å². The predicted molar refractivity (Wildman–Crippen MR) is 63.5 cm³/mol. The van der Waals surface area contributed by atoms with Gasteiger partial charge < -0.3 is 5.32 Å². The third-order valence-electron chi connectivity index (χ3n) is 3.85. The van der Waals surface area contributed by atoms with Crippen molar-refractivity contribution in [3.8, 4) is 0 Å². The normalized spacial score (nSPS) is 30.2. The minimum absolute atomic E-state index is 0.818. The lowest BCUT2D eigenvalue weighted by molar-refractivity contribution is 0.192. The second-order valence-electron chi connectivity index (χ2n) is 4.89. The molecule has 0 spiro atoms. The number of hydrogen-bond acceptors (Lipinski definition) is 1. The second kappa shape index (κ2) is 6.44. The number of nitrogens with one attached hydrogen (secondary N) is 1. The molecule has 0 aromatic carbocycles. The molecule has 0 saturated heterocycles. The lowest BCUT2D eigenvalue weighted by Gasteiger charge is -2.36. The zero-order valence-corrected chi connectivity index (χ0v) is 10.2. The molecule has 1 saturated carbocycles. The molecule has 1 aliphatic rings. The van der Waals surface area contributed by atoms with Gasteiger partial charge in [0.05, 0.1) is 0 Å². The van der Waals surface area contributed by atoms with E-state index >= 15 is 0 Å². The molecule has 1 rings (SSSR count). The SMILES string of the molecule is CCCNC1CCCCC1C(C)CC. The van der Waals surface area contributed by atoms with Crippen LogP contribution in [0, 0.1) is 11.8 Å². The van der Waals surface area contributed by atoms with Gasteiger partial charge >= 0.3 is 0 Å². The maximum Gasteiger partial charge on any atom is 0.00978 e. The molecule has 1 nitrogen and oxygen atoms in total. The third kappa shape index (κ3) is 3.27. The van der Waals surface area contributed by atoms with E-state index in [1.807, 2.05) is 0 Å². The molecule has 0 aromatic rings. The summed E-state index contributed by atoms with van der Waals surface area (Å²) >= 11 is 0. The Hall–Kier alpha value is -0.0400. The van der Waals surface area contributed by atoms with Crippen LogP contribution in [0.2, 0.25) is 0 Å². The number of rotatable bonds is 5. The Morgan fingerprint density at radius 3 is 2.57 bits per heavy atom. The zero-order chi connectivity index (χ0) is 10.4. The van der Waals surface area contributed by atoms with Gasteiger partial charge in [0.25, 0.3) is 0 Å². The first-order chi connectivity index (χ1) is 6.79. The molecule has 0 amide bonds. The minimum atomic E-state index is 0.818. The summed E-state index contributed by atoms with van der Waals surface area (Å²) in [7, 11) is 0. The fourth-order valence-corrected chi connectivity index (χ4v) is 2.73. The Kier molecular flexibility index (Phi) is 5.54. The number of hydrogen-bond donors (Lipinski definition) is 1. The fraction of sp³-hybridized carbons (Fsp3) is 1.00. The van der Waals surface area contributed by atoms with Gasteiger partial charge in [-0.1, -0.05) is 40.0 Å². The zero-order valence-electron chi connectivity index (χ0n) is 10.2. The van der Waals surface area contributed by atoms with Crippen molar-refractivity contribution >= 4 is 0 Å². The molecule has 0 aliphatic heterocycles. The van der Waals surface area contributed by atoms with Crippen LogP contribution >= 0.6 is 0 Å². The van der Waals surface area contributed by atoms with Crippen LogP contribution in [0.4, 0.5) is 0 Å². The lowest BCUT2D eigenvalue weighted by atomic mass is 9.76. The smallest absolute Gasteiger partial charge is 0.00978 e. The Morgan fingerprint density at radius 1 is 1.21 bits per heavy atom. The van der Waals surface area contributed by atoms with Crippen LogP contribution in [0.5, 0.6) is 0 Å². The first kappa shape index (κ1) is 12.0. The first-order valence-electron chi connectivity index (χ1n) is 6.53. The highest BCUT2D eigenvalue weighted by atomic mass is 14.9. The molecule has 1 N–H and O–H groups in total. The average molecular weight is 197 g/mol. The van der Waals surface area contributed by atoms with E-state index in [1.54, 1.807) is 0 Å². The average Bonchev–Trinajstić information content (AvgIpc) is 2.25. The third-order valence-corrected chi connectivity index (χ3v) is 3.85. The molecule has 3 atom stereocenters. The molecular weight excluding hydrogens is 170 g/mol. The van der Waals surface area contributed by atoms with Gasteiger partial charge in [-0.15, -0.1) is 0 Å². The molecular formula is C13H27N. The van der Waals surface area contributed by atoms with Crippen LogP contribution in [0.1, 0.15) is 59.3 Å². The largest absolute Gasteiger partial charge is 0.314 e. The molecule has 1 aliphatic carbocycles. The van der Waals surface area contributed by atoms with Crippen molar-refractivity contribution in [2.75, 3.05) is 6.54 Å². The van der Waals surface area contributed by atoms with E-state index in [4.69, 9.17) is 0 Å². The molecule has 0 radical (unpaired) electrons. The quantitative estimate of drug-likeness (QED) is 0.710. The van der Waals surface area contributed by atoms with Gasteiger partial charge in [0.2, 0.25) is 0 Å². The van der Waals surface area contributed by atoms with Crippen molar-refractivity contribution in [3.63, 3.8) is 0 Å². The summed E-state index contributed by atoms with van der Waals surface area (Å²) in [4.78, 5) is 0. The van der Waals surface area contributed by atoms with Crippen molar-refractivity contribution in [2.24, 2.45) is 11.8 Å². The van der Waals surface area contributed by atoms with Gasteiger partial charge in [-0.2, -0.15) is 0 Å². The Labute approximate surface area is 89.7 Å².